The van der Waals surface area contributed by atoms with Crippen LogP contribution in [-0.4, -0.2) is 17.6 Å². The first-order chi connectivity index (χ1) is 12.3. The number of carbonyl (C=O) groups excluding carboxylic acids is 1. The fourth-order valence-corrected chi connectivity index (χ4v) is 2.65. The fraction of sp³-hybridized carbons (Fsp3) is 0.350. The predicted octanol–water partition coefficient (Wildman–Crippen LogP) is 4.65. The fourth-order valence-electron chi connectivity index (χ4n) is 2.65. The maximum absolute atomic E-state index is 12.6. The van der Waals surface area contributed by atoms with Gasteiger partial charge in [-0.25, -0.2) is 0 Å². The maximum Gasteiger partial charge on any atom is 0.416 e. The van der Waals surface area contributed by atoms with Crippen molar-refractivity contribution < 1.29 is 23.1 Å². The summed E-state index contributed by atoms with van der Waals surface area (Å²) in [5.41, 5.74) is 1.10. The normalized spacial score (nSPS) is 12.6. The first kappa shape index (κ1) is 19.8. The monoisotopic (exact) mass is 365 g/mol. The van der Waals surface area contributed by atoms with E-state index < -0.39 is 11.7 Å². The van der Waals surface area contributed by atoms with Crippen molar-refractivity contribution in [1.29, 1.82) is 0 Å². The zero-order valence-corrected chi connectivity index (χ0v) is 14.5. The Labute approximate surface area is 150 Å². The molecule has 0 saturated carbocycles. The van der Waals surface area contributed by atoms with Crippen LogP contribution in [0.15, 0.2) is 48.5 Å². The second-order valence-electron chi connectivity index (χ2n) is 6.34. The molecule has 2 rings (SSSR count). The molecule has 1 unspecified atom stereocenters. The number of carbonyl (C=O) groups is 1. The lowest BCUT2D eigenvalue weighted by molar-refractivity contribution is -0.137. The van der Waals surface area contributed by atoms with Gasteiger partial charge in [0.1, 0.15) is 5.75 Å². The van der Waals surface area contributed by atoms with Crippen LogP contribution in [0, 0.1) is 0 Å². The molecule has 0 bridgehead atoms. The summed E-state index contributed by atoms with van der Waals surface area (Å²) in [6, 6.07) is 11.9. The van der Waals surface area contributed by atoms with Gasteiger partial charge in [-0.2, -0.15) is 13.2 Å². The van der Waals surface area contributed by atoms with Crippen LogP contribution < -0.4 is 5.32 Å². The van der Waals surface area contributed by atoms with E-state index in [1.807, 2.05) is 19.1 Å². The van der Waals surface area contributed by atoms with Gasteiger partial charge in [0.05, 0.1) is 5.56 Å². The highest BCUT2D eigenvalue weighted by Gasteiger charge is 2.30. The number of alkyl halides is 3. The SMILES string of the molecule is CC(CC(=O)NCCCc1ccc(O)cc1)c1ccc(C(F)(F)F)cc1. The van der Waals surface area contributed by atoms with E-state index in [4.69, 9.17) is 0 Å². The van der Waals surface area contributed by atoms with E-state index in [2.05, 4.69) is 5.32 Å². The molecule has 0 saturated heterocycles. The van der Waals surface area contributed by atoms with Gasteiger partial charge in [-0.05, 0) is 54.2 Å². The highest BCUT2D eigenvalue weighted by Crippen LogP contribution is 2.30. The highest BCUT2D eigenvalue weighted by atomic mass is 19.4. The Morgan fingerprint density at radius 3 is 2.27 bits per heavy atom. The summed E-state index contributed by atoms with van der Waals surface area (Å²) in [6.45, 7) is 2.35. The van der Waals surface area contributed by atoms with Gasteiger partial charge in [-0.3, -0.25) is 4.79 Å². The van der Waals surface area contributed by atoms with E-state index in [0.29, 0.717) is 12.1 Å². The number of nitrogens with one attached hydrogen (secondary N) is 1. The number of hydrogen-bond acceptors (Lipinski definition) is 2. The molecule has 0 fully saturated rings. The number of phenolic OH excluding ortho intramolecular Hbond substituents is 1. The van der Waals surface area contributed by atoms with Crippen LogP contribution in [0.2, 0.25) is 0 Å². The summed E-state index contributed by atoms with van der Waals surface area (Å²) in [5, 5.41) is 12.1. The lowest BCUT2D eigenvalue weighted by atomic mass is 9.96. The Bertz CT molecular complexity index is 709. The smallest absolute Gasteiger partial charge is 0.416 e. The van der Waals surface area contributed by atoms with Gasteiger partial charge in [0.2, 0.25) is 5.91 Å². The Morgan fingerprint density at radius 2 is 1.69 bits per heavy atom. The van der Waals surface area contributed by atoms with Gasteiger partial charge in [0.15, 0.2) is 0 Å². The van der Waals surface area contributed by atoms with Gasteiger partial charge >= 0.3 is 6.18 Å². The molecule has 0 aliphatic carbocycles. The number of benzene rings is 2. The number of aryl methyl sites for hydroxylation is 1. The van der Waals surface area contributed by atoms with Crippen LogP contribution in [-0.2, 0) is 17.4 Å². The number of hydrogen-bond donors (Lipinski definition) is 2. The summed E-state index contributed by atoms with van der Waals surface area (Å²) in [7, 11) is 0. The van der Waals surface area contributed by atoms with Crippen molar-refractivity contribution in [3.8, 4) is 5.75 Å². The van der Waals surface area contributed by atoms with Crippen molar-refractivity contribution in [3.05, 3.63) is 65.2 Å². The van der Waals surface area contributed by atoms with Crippen LogP contribution in [0.25, 0.3) is 0 Å². The van der Waals surface area contributed by atoms with E-state index in [0.717, 1.165) is 30.5 Å². The molecule has 2 N–H and O–H groups in total. The third kappa shape index (κ3) is 6.10. The number of phenols is 1. The molecule has 1 amide bonds. The molecule has 2 aromatic rings. The zero-order valence-electron chi connectivity index (χ0n) is 14.5. The third-order valence-electron chi connectivity index (χ3n) is 4.20. The molecule has 0 radical (unpaired) electrons. The summed E-state index contributed by atoms with van der Waals surface area (Å²) in [5.74, 6) is -0.0585. The molecule has 1 atom stereocenters. The molecule has 0 aliphatic heterocycles. The molecular weight excluding hydrogens is 343 g/mol. The Kier molecular flexibility index (Phi) is 6.66. The number of amides is 1. The summed E-state index contributed by atoms with van der Waals surface area (Å²) in [4.78, 5) is 12.0. The minimum absolute atomic E-state index is 0.122. The standard InChI is InChI=1S/C20H22F3NO2/c1-14(16-6-8-17(9-7-16)20(21,22)23)13-19(26)24-12-2-3-15-4-10-18(25)11-5-15/h4-11,14,25H,2-3,12-13H2,1H3,(H,24,26). The van der Waals surface area contributed by atoms with Crippen molar-refractivity contribution in [2.24, 2.45) is 0 Å². The Hall–Kier alpha value is -2.50. The summed E-state index contributed by atoms with van der Waals surface area (Å²) in [6.07, 6.45) is -2.57. The molecule has 0 aromatic heterocycles. The first-order valence-corrected chi connectivity index (χ1v) is 8.47. The molecule has 0 heterocycles. The van der Waals surface area contributed by atoms with Crippen LogP contribution in [0.4, 0.5) is 13.2 Å². The van der Waals surface area contributed by atoms with Crippen molar-refractivity contribution in [2.45, 2.75) is 38.3 Å². The van der Waals surface area contributed by atoms with Crippen LogP contribution in [0.3, 0.4) is 0 Å². The Balaban J connectivity index is 1.73. The van der Waals surface area contributed by atoms with Crippen molar-refractivity contribution in [1.82, 2.24) is 5.32 Å². The Morgan fingerprint density at radius 1 is 1.08 bits per heavy atom. The molecule has 140 valence electrons. The summed E-state index contributed by atoms with van der Waals surface area (Å²) < 4.78 is 37.7. The van der Waals surface area contributed by atoms with Crippen molar-refractivity contribution in [3.63, 3.8) is 0 Å². The molecule has 6 heteroatoms. The van der Waals surface area contributed by atoms with Gasteiger partial charge in [-0.1, -0.05) is 31.2 Å². The molecule has 26 heavy (non-hydrogen) atoms. The van der Waals surface area contributed by atoms with Crippen LogP contribution >= 0.6 is 0 Å². The molecule has 3 nitrogen and oxygen atoms in total. The second-order valence-corrected chi connectivity index (χ2v) is 6.34. The quantitative estimate of drug-likeness (QED) is 0.702. The zero-order chi connectivity index (χ0) is 19.2. The lowest BCUT2D eigenvalue weighted by Gasteiger charge is -2.13. The van der Waals surface area contributed by atoms with Gasteiger partial charge in [0, 0.05) is 13.0 Å². The number of aromatic hydroxyl groups is 1. The van der Waals surface area contributed by atoms with Gasteiger partial charge < -0.3 is 10.4 Å². The summed E-state index contributed by atoms with van der Waals surface area (Å²) >= 11 is 0. The molecule has 0 aliphatic rings. The van der Waals surface area contributed by atoms with E-state index in [-0.39, 0.29) is 24.0 Å². The predicted molar refractivity (Wildman–Crippen MR) is 93.9 cm³/mol. The van der Waals surface area contributed by atoms with E-state index in [9.17, 15) is 23.1 Å². The molecule has 2 aromatic carbocycles. The van der Waals surface area contributed by atoms with Crippen molar-refractivity contribution in [2.75, 3.05) is 6.54 Å². The molecular formula is C20H22F3NO2. The minimum atomic E-state index is -4.35. The number of rotatable bonds is 7. The average Bonchev–Trinajstić information content (AvgIpc) is 2.59. The lowest BCUT2D eigenvalue weighted by Crippen LogP contribution is -2.25. The molecule has 0 spiro atoms. The maximum atomic E-state index is 12.6. The third-order valence-corrected chi connectivity index (χ3v) is 4.20. The van der Waals surface area contributed by atoms with Crippen molar-refractivity contribution >= 4 is 5.91 Å². The topological polar surface area (TPSA) is 49.3 Å². The van der Waals surface area contributed by atoms with Crippen LogP contribution in [0.1, 0.15) is 42.4 Å². The van der Waals surface area contributed by atoms with E-state index in [1.165, 1.54) is 12.1 Å². The first-order valence-electron chi connectivity index (χ1n) is 8.47. The van der Waals surface area contributed by atoms with Crippen LogP contribution in [0.5, 0.6) is 5.75 Å². The van der Waals surface area contributed by atoms with Gasteiger partial charge in [-0.15, -0.1) is 0 Å². The number of halogens is 3. The highest BCUT2D eigenvalue weighted by molar-refractivity contribution is 5.76. The van der Waals surface area contributed by atoms with E-state index in [1.54, 1.807) is 12.1 Å². The van der Waals surface area contributed by atoms with E-state index >= 15 is 0 Å². The largest absolute Gasteiger partial charge is 0.508 e. The minimum Gasteiger partial charge on any atom is -0.508 e. The van der Waals surface area contributed by atoms with Gasteiger partial charge in [0.25, 0.3) is 0 Å². The second kappa shape index (κ2) is 8.74. The average molecular weight is 365 g/mol.